The maximum Gasteiger partial charge on any atom is 0.221 e. The number of nitrogens with one attached hydrogen (secondary N) is 1. The molecule has 0 aromatic carbocycles. The smallest absolute Gasteiger partial charge is 0.221 e. The zero-order valence-corrected chi connectivity index (χ0v) is 9.52. The van der Waals surface area contributed by atoms with E-state index in [1.54, 1.807) is 0 Å². The van der Waals surface area contributed by atoms with Gasteiger partial charge in [0, 0.05) is 18.2 Å². The number of carbonyl (C=O) groups is 1. The minimum Gasteiger partial charge on any atom is -0.396 e. The van der Waals surface area contributed by atoms with E-state index in [0.717, 1.165) is 19.3 Å². The standard InChI is InChI=1S/C11H16N4O2/c12-10-13-4-8(5-16)9(15-10)14-6-11(7-17)2-1-3-11/h4-5,17H,1-3,6-7H2,(H3,12,13,14,15). The number of nitrogen functional groups attached to an aromatic ring is 1. The van der Waals surface area contributed by atoms with Crippen LogP contribution in [0.25, 0.3) is 0 Å². The van der Waals surface area contributed by atoms with Gasteiger partial charge in [0.2, 0.25) is 5.95 Å². The van der Waals surface area contributed by atoms with Gasteiger partial charge in [-0.3, -0.25) is 4.79 Å². The molecule has 0 amide bonds. The Bertz CT molecular complexity index is 412. The highest BCUT2D eigenvalue weighted by atomic mass is 16.3. The molecule has 1 fully saturated rings. The SMILES string of the molecule is Nc1ncc(C=O)c(NCC2(CO)CCC2)n1. The molecular weight excluding hydrogens is 220 g/mol. The van der Waals surface area contributed by atoms with Gasteiger partial charge in [-0.05, 0) is 12.8 Å². The molecule has 0 saturated heterocycles. The third kappa shape index (κ3) is 2.36. The van der Waals surface area contributed by atoms with Crippen molar-refractivity contribution in [3.05, 3.63) is 11.8 Å². The van der Waals surface area contributed by atoms with E-state index in [2.05, 4.69) is 15.3 Å². The summed E-state index contributed by atoms with van der Waals surface area (Å²) in [6.45, 7) is 0.748. The quantitative estimate of drug-likeness (QED) is 0.641. The first-order chi connectivity index (χ1) is 8.19. The topological polar surface area (TPSA) is 101 Å². The summed E-state index contributed by atoms with van der Waals surface area (Å²) in [5, 5.41) is 12.4. The number of hydrogen-bond donors (Lipinski definition) is 3. The summed E-state index contributed by atoms with van der Waals surface area (Å²) in [7, 11) is 0. The summed E-state index contributed by atoms with van der Waals surface area (Å²) in [5.41, 5.74) is 5.78. The predicted molar refractivity (Wildman–Crippen MR) is 63.7 cm³/mol. The Hall–Kier alpha value is -1.69. The van der Waals surface area contributed by atoms with Gasteiger partial charge in [0.25, 0.3) is 0 Å². The summed E-state index contributed by atoms with van der Waals surface area (Å²) in [4.78, 5) is 18.5. The van der Waals surface area contributed by atoms with Crippen molar-refractivity contribution < 1.29 is 9.90 Å². The molecule has 17 heavy (non-hydrogen) atoms. The average Bonchev–Trinajstić information content (AvgIpc) is 2.28. The van der Waals surface area contributed by atoms with Crippen LogP contribution in [0.15, 0.2) is 6.20 Å². The molecule has 0 radical (unpaired) electrons. The summed E-state index contributed by atoms with van der Waals surface area (Å²) < 4.78 is 0. The number of nitrogens with zero attached hydrogens (tertiary/aromatic N) is 2. The zero-order valence-electron chi connectivity index (χ0n) is 9.52. The normalized spacial score (nSPS) is 17.2. The van der Waals surface area contributed by atoms with Gasteiger partial charge < -0.3 is 16.2 Å². The molecule has 4 N–H and O–H groups in total. The van der Waals surface area contributed by atoms with E-state index in [1.807, 2.05) is 0 Å². The number of hydrogen-bond acceptors (Lipinski definition) is 6. The Morgan fingerprint density at radius 2 is 2.35 bits per heavy atom. The van der Waals surface area contributed by atoms with Gasteiger partial charge in [0.1, 0.15) is 5.82 Å². The molecule has 1 aliphatic carbocycles. The van der Waals surface area contributed by atoms with E-state index in [4.69, 9.17) is 5.73 Å². The Balaban J connectivity index is 2.07. The van der Waals surface area contributed by atoms with Crippen LogP contribution in [0.5, 0.6) is 0 Å². The van der Waals surface area contributed by atoms with Crippen molar-refractivity contribution in [1.82, 2.24) is 9.97 Å². The van der Waals surface area contributed by atoms with Crippen molar-refractivity contribution in [2.24, 2.45) is 5.41 Å². The Morgan fingerprint density at radius 1 is 1.59 bits per heavy atom. The first-order valence-corrected chi connectivity index (χ1v) is 5.61. The molecule has 0 bridgehead atoms. The fourth-order valence-electron chi connectivity index (χ4n) is 1.97. The Morgan fingerprint density at radius 3 is 2.88 bits per heavy atom. The van der Waals surface area contributed by atoms with E-state index >= 15 is 0 Å². The number of carbonyl (C=O) groups excluding carboxylic acids is 1. The lowest BCUT2D eigenvalue weighted by atomic mass is 9.69. The first kappa shape index (κ1) is 11.8. The maximum atomic E-state index is 10.8. The van der Waals surface area contributed by atoms with Crippen molar-refractivity contribution in [2.45, 2.75) is 19.3 Å². The highest BCUT2D eigenvalue weighted by Crippen LogP contribution is 2.40. The highest BCUT2D eigenvalue weighted by molar-refractivity contribution is 5.82. The molecule has 1 aromatic heterocycles. The number of aliphatic hydroxyl groups excluding tert-OH is 1. The third-order valence-electron chi connectivity index (χ3n) is 3.34. The molecule has 0 aliphatic heterocycles. The number of nitrogens with two attached hydrogens (primary N) is 1. The second-order valence-corrected chi connectivity index (χ2v) is 4.52. The fourth-order valence-corrected chi connectivity index (χ4v) is 1.97. The minimum atomic E-state index is -0.0696. The van der Waals surface area contributed by atoms with E-state index in [0.29, 0.717) is 24.2 Å². The van der Waals surface area contributed by atoms with Crippen LogP contribution in [0.3, 0.4) is 0 Å². The molecule has 2 rings (SSSR count). The van der Waals surface area contributed by atoms with Crippen molar-refractivity contribution in [1.29, 1.82) is 0 Å². The number of aldehydes is 1. The van der Waals surface area contributed by atoms with Crippen molar-refractivity contribution in [3.8, 4) is 0 Å². The largest absolute Gasteiger partial charge is 0.396 e. The lowest BCUT2D eigenvalue weighted by Gasteiger charge is -2.40. The van der Waals surface area contributed by atoms with E-state index in [9.17, 15) is 9.90 Å². The van der Waals surface area contributed by atoms with Gasteiger partial charge in [0.15, 0.2) is 6.29 Å². The molecule has 1 aromatic rings. The number of aromatic nitrogens is 2. The first-order valence-electron chi connectivity index (χ1n) is 5.61. The van der Waals surface area contributed by atoms with Crippen molar-refractivity contribution in [2.75, 3.05) is 24.2 Å². The van der Waals surface area contributed by atoms with Gasteiger partial charge in [-0.25, -0.2) is 4.98 Å². The predicted octanol–water partition coefficient (Wildman–Crippen LogP) is 0.446. The van der Waals surface area contributed by atoms with E-state index in [1.165, 1.54) is 6.20 Å². The Labute approximate surface area is 99.3 Å². The lowest BCUT2D eigenvalue weighted by Crippen LogP contribution is -2.40. The molecule has 1 aliphatic rings. The lowest BCUT2D eigenvalue weighted by molar-refractivity contribution is 0.0575. The molecular formula is C11H16N4O2. The average molecular weight is 236 g/mol. The van der Waals surface area contributed by atoms with Crippen LogP contribution >= 0.6 is 0 Å². The second-order valence-electron chi connectivity index (χ2n) is 4.52. The molecule has 0 spiro atoms. The van der Waals surface area contributed by atoms with Crippen molar-refractivity contribution >= 4 is 18.1 Å². The van der Waals surface area contributed by atoms with E-state index < -0.39 is 0 Å². The Kier molecular flexibility index (Phi) is 3.23. The molecule has 0 unspecified atom stereocenters. The van der Waals surface area contributed by atoms with Gasteiger partial charge in [0.05, 0.1) is 12.2 Å². The second kappa shape index (κ2) is 4.67. The van der Waals surface area contributed by atoms with Gasteiger partial charge in [-0.1, -0.05) is 6.42 Å². The molecule has 6 nitrogen and oxygen atoms in total. The van der Waals surface area contributed by atoms with Crippen LogP contribution in [-0.2, 0) is 0 Å². The summed E-state index contributed by atoms with van der Waals surface area (Å²) in [6, 6.07) is 0. The molecule has 0 atom stereocenters. The van der Waals surface area contributed by atoms with Gasteiger partial charge >= 0.3 is 0 Å². The number of anilines is 2. The molecule has 1 heterocycles. The monoisotopic (exact) mass is 236 g/mol. The zero-order chi connectivity index (χ0) is 12.3. The summed E-state index contributed by atoms with van der Waals surface area (Å²) in [6.07, 6.45) is 5.20. The van der Waals surface area contributed by atoms with E-state index in [-0.39, 0.29) is 18.0 Å². The molecule has 6 heteroatoms. The number of rotatable bonds is 5. The van der Waals surface area contributed by atoms with Crippen LogP contribution in [0.2, 0.25) is 0 Å². The fraction of sp³-hybridized carbons (Fsp3) is 0.545. The summed E-state index contributed by atoms with van der Waals surface area (Å²) in [5.74, 6) is 0.567. The van der Waals surface area contributed by atoms with Crippen LogP contribution in [0.1, 0.15) is 29.6 Å². The van der Waals surface area contributed by atoms with Gasteiger partial charge in [-0.2, -0.15) is 4.98 Å². The maximum absolute atomic E-state index is 10.8. The van der Waals surface area contributed by atoms with Crippen LogP contribution in [0, 0.1) is 5.41 Å². The van der Waals surface area contributed by atoms with Crippen LogP contribution in [-0.4, -0.2) is 34.5 Å². The minimum absolute atomic E-state index is 0.0696. The van der Waals surface area contributed by atoms with Crippen LogP contribution < -0.4 is 11.1 Å². The highest BCUT2D eigenvalue weighted by Gasteiger charge is 2.36. The van der Waals surface area contributed by atoms with Crippen molar-refractivity contribution in [3.63, 3.8) is 0 Å². The molecule has 92 valence electrons. The molecule has 1 saturated carbocycles. The summed E-state index contributed by atoms with van der Waals surface area (Å²) >= 11 is 0. The third-order valence-corrected chi connectivity index (χ3v) is 3.34. The van der Waals surface area contributed by atoms with Gasteiger partial charge in [-0.15, -0.1) is 0 Å². The number of aliphatic hydroxyl groups is 1. The van der Waals surface area contributed by atoms with Crippen LogP contribution in [0.4, 0.5) is 11.8 Å².